The SMILES string of the molecule is O=C(Cc1ccc(OCc2ccccn2)cc1)Nc1c(C(=O)N2CCOCC2)oc2ccccc12. The van der Waals surface area contributed by atoms with Crippen molar-refractivity contribution >= 4 is 28.5 Å². The fourth-order valence-corrected chi connectivity index (χ4v) is 3.94. The number of para-hydroxylation sites is 1. The topological polar surface area (TPSA) is 93.9 Å². The molecule has 2 aromatic carbocycles. The first-order valence-corrected chi connectivity index (χ1v) is 11.5. The fourth-order valence-electron chi connectivity index (χ4n) is 3.94. The van der Waals surface area contributed by atoms with Gasteiger partial charge in [0.15, 0.2) is 0 Å². The lowest BCUT2D eigenvalue weighted by atomic mass is 10.1. The number of morpholine rings is 1. The van der Waals surface area contributed by atoms with Gasteiger partial charge in [0.05, 0.1) is 25.3 Å². The molecule has 1 N–H and O–H groups in total. The van der Waals surface area contributed by atoms with E-state index >= 15 is 0 Å². The highest BCUT2D eigenvalue weighted by Crippen LogP contribution is 2.32. The maximum atomic E-state index is 13.1. The van der Waals surface area contributed by atoms with E-state index in [1.165, 1.54) is 0 Å². The van der Waals surface area contributed by atoms with Crippen LogP contribution in [0, 0.1) is 0 Å². The average molecular weight is 472 g/mol. The Morgan fingerprint density at radius 3 is 2.51 bits per heavy atom. The van der Waals surface area contributed by atoms with Gasteiger partial charge in [-0.15, -0.1) is 0 Å². The molecule has 2 amide bonds. The van der Waals surface area contributed by atoms with Gasteiger partial charge in [0.2, 0.25) is 11.7 Å². The molecule has 0 spiro atoms. The first-order valence-electron chi connectivity index (χ1n) is 11.5. The number of benzene rings is 2. The van der Waals surface area contributed by atoms with Crippen LogP contribution in [0.15, 0.2) is 77.3 Å². The Balaban J connectivity index is 1.27. The van der Waals surface area contributed by atoms with Gasteiger partial charge in [-0.05, 0) is 42.0 Å². The molecule has 0 atom stereocenters. The molecular weight excluding hydrogens is 446 g/mol. The van der Waals surface area contributed by atoms with E-state index in [2.05, 4.69) is 10.3 Å². The van der Waals surface area contributed by atoms with Gasteiger partial charge in [-0.3, -0.25) is 14.6 Å². The van der Waals surface area contributed by atoms with E-state index in [9.17, 15) is 9.59 Å². The zero-order valence-corrected chi connectivity index (χ0v) is 19.1. The summed E-state index contributed by atoms with van der Waals surface area (Å²) in [6.45, 7) is 2.30. The lowest BCUT2D eigenvalue weighted by Gasteiger charge is -2.26. The minimum Gasteiger partial charge on any atom is -0.487 e. The van der Waals surface area contributed by atoms with Crippen molar-refractivity contribution in [1.29, 1.82) is 0 Å². The molecule has 2 aromatic heterocycles. The predicted molar refractivity (Wildman–Crippen MR) is 130 cm³/mol. The van der Waals surface area contributed by atoms with Crippen molar-refractivity contribution in [3.63, 3.8) is 0 Å². The summed E-state index contributed by atoms with van der Waals surface area (Å²) >= 11 is 0. The second-order valence-corrected chi connectivity index (χ2v) is 8.19. The Morgan fingerprint density at radius 2 is 1.74 bits per heavy atom. The molecule has 4 aromatic rings. The van der Waals surface area contributed by atoms with E-state index in [-0.39, 0.29) is 24.0 Å². The number of nitrogens with zero attached hydrogens (tertiary/aromatic N) is 2. The summed E-state index contributed by atoms with van der Waals surface area (Å²) in [6, 6.07) is 20.3. The predicted octanol–water partition coefficient (Wildman–Crippen LogP) is 4.06. The third kappa shape index (κ3) is 5.33. The summed E-state index contributed by atoms with van der Waals surface area (Å²) in [5, 5.41) is 3.60. The van der Waals surface area contributed by atoms with Gasteiger partial charge in [0, 0.05) is 24.7 Å². The smallest absolute Gasteiger partial charge is 0.291 e. The summed E-state index contributed by atoms with van der Waals surface area (Å²) in [5.74, 6) is 0.336. The number of ether oxygens (including phenoxy) is 2. The normalized spacial score (nSPS) is 13.5. The molecule has 8 nitrogen and oxygen atoms in total. The number of pyridine rings is 1. The van der Waals surface area contributed by atoms with Crippen LogP contribution in [-0.4, -0.2) is 48.0 Å². The van der Waals surface area contributed by atoms with E-state index in [0.717, 1.165) is 11.3 Å². The Bertz CT molecular complexity index is 1310. The molecule has 0 bridgehead atoms. The number of nitrogens with one attached hydrogen (secondary N) is 1. The number of anilines is 1. The molecule has 0 aliphatic carbocycles. The third-order valence-corrected chi connectivity index (χ3v) is 5.75. The van der Waals surface area contributed by atoms with Crippen LogP contribution in [0.2, 0.25) is 0 Å². The second-order valence-electron chi connectivity index (χ2n) is 8.19. The van der Waals surface area contributed by atoms with E-state index < -0.39 is 0 Å². The van der Waals surface area contributed by atoms with Gasteiger partial charge in [-0.1, -0.05) is 30.3 Å². The van der Waals surface area contributed by atoms with Gasteiger partial charge in [-0.25, -0.2) is 0 Å². The van der Waals surface area contributed by atoms with Crippen LogP contribution in [0.3, 0.4) is 0 Å². The van der Waals surface area contributed by atoms with E-state index in [1.807, 2.05) is 60.7 Å². The van der Waals surface area contributed by atoms with E-state index in [0.29, 0.717) is 55.3 Å². The van der Waals surface area contributed by atoms with Crippen molar-refractivity contribution in [3.05, 3.63) is 89.9 Å². The van der Waals surface area contributed by atoms with Crippen molar-refractivity contribution in [2.45, 2.75) is 13.0 Å². The summed E-state index contributed by atoms with van der Waals surface area (Å²) in [4.78, 5) is 32.0. The molecule has 0 saturated carbocycles. The highest BCUT2D eigenvalue weighted by Gasteiger charge is 2.27. The number of fused-ring (bicyclic) bond motifs is 1. The Kier molecular flexibility index (Phi) is 6.72. The van der Waals surface area contributed by atoms with Gasteiger partial charge in [0.1, 0.15) is 23.6 Å². The van der Waals surface area contributed by atoms with Crippen LogP contribution in [0.25, 0.3) is 11.0 Å². The molecule has 0 radical (unpaired) electrons. The molecule has 0 unspecified atom stereocenters. The van der Waals surface area contributed by atoms with Crippen molar-refractivity contribution in [1.82, 2.24) is 9.88 Å². The number of carbonyl (C=O) groups is 2. The standard InChI is InChI=1S/C27H25N3O5/c31-24(17-19-8-10-21(11-9-19)34-18-20-5-3-4-12-28-20)29-25-22-6-1-2-7-23(22)35-26(25)27(32)30-13-15-33-16-14-30/h1-12H,13-18H2,(H,29,31). The summed E-state index contributed by atoms with van der Waals surface area (Å²) in [7, 11) is 0. The second kappa shape index (κ2) is 10.4. The lowest BCUT2D eigenvalue weighted by Crippen LogP contribution is -2.40. The average Bonchev–Trinajstić information content (AvgIpc) is 3.27. The molecular formula is C27H25N3O5. The molecule has 5 rings (SSSR count). The van der Waals surface area contributed by atoms with Crippen LogP contribution in [-0.2, 0) is 22.6 Å². The highest BCUT2D eigenvalue weighted by molar-refractivity contribution is 6.11. The van der Waals surface area contributed by atoms with Crippen LogP contribution in [0.1, 0.15) is 21.8 Å². The zero-order valence-electron chi connectivity index (χ0n) is 19.1. The summed E-state index contributed by atoms with van der Waals surface area (Å²) < 4.78 is 17.0. The Morgan fingerprint density at radius 1 is 0.971 bits per heavy atom. The third-order valence-electron chi connectivity index (χ3n) is 5.75. The number of carbonyl (C=O) groups excluding carboxylic acids is 2. The van der Waals surface area contributed by atoms with Crippen molar-refractivity contribution in [2.75, 3.05) is 31.6 Å². The molecule has 1 aliphatic rings. The number of hydrogen-bond donors (Lipinski definition) is 1. The number of amides is 2. The van der Waals surface area contributed by atoms with Crippen LogP contribution >= 0.6 is 0 Å². The number of rotatable bonds is 7. The van der Waals surface area contributed by atoms with Crippen molar-refractivity contribution < 1.29 is 23.5 Å². The molecule has 35 heavy (non-hydrogen) atoms. The number of aromatic nitrogens is 1. The fraction of sp³-hybridized carbons (Fsp3) is 0.222. The Labute approximate surface area is 202 Å². The molecule has 1 saturated heterocycles. The van der Waals surface area contributed by atoms with Gasteiger partial charge < -0.3 is 24.1 Å². The maximum Gasteiger partial charge on any atom is 0.291 e. The number of hydrogen-bond acceptors (Lipinski definition) is 6. The maximum absolute atomic E-state index is 13.1. The zero-order chi connectivity index (χ0) is 24.0. The van der Waals surface area contributed by atoms with Gasteiger partial charge >= 0.3 is 0 Å². The van der Waals surface area contributed by atoms with Crippen LogP contribution in [0.5, 0.6) is 5.75 Å². The molecule has 8 heteroatoms. The first-order chi connectivity index (χ1) is 17.2. The largest absolute Gasteiger partial charge is 0.487 e. The van der Waals surface area contributed by atoms with Crippen molar-refractivity contribution in [3.8, 4) is 5.75 Å². The minimum absolute atomic E-state index is 0.139. The van der Waals surface area contributed by atoms with E-state index in [4.69, 9.17) is 13.9 Å². The Hall–Kier alpha value is -4.17. The lowest BCUT2D eigenvalue weighted by molar-refractivity contribution is -0.115. The van der Waals surface area contributed by atoms with Gasteiger partial charge in [-0.2, -0.15) is 0 Å². The van der Waals surface area contributed by atoms with E-state index in [1.54, 1.807) is 17.2 Å². The first kappa shape index (κ1) is 22.6. The van der Waals surface area contributed by atoms with Crippen molar-refractivity contribution in [2.24, 2.45) is 0 Å². The van der Waals surface area contributed by atoms with Gasteiger partial charge in [0.25, 0.3) is 5.91 Å². The van der Waals surface area contributed by atoms with Crippen LogP contribution < -0.4 is 10.1 Å². The summed E-state index contributed by atoms with van der Waals surface area (Å²) in [5.41, 5.74) is 2.61. The molecule has 1 fully saturated rings. The quantitative estimate of drug-likeness (QED) is 0.437. The monoisotopic (exact) mass is 471 g/mol. The number of furan rings is 1. The minimum atomic E-state index is -0.255. The van der Waals surface area contributed by atoms with Crippen LogP contribution in [0.4, 0.5) is 5.69 Å². The highest BCUT2D eigenvalue weighted by atomic mass is 16.5. The molecule has 1 aliphatic heterocycles. The molecule has 178 valence electrons. The summed E-state index contributed by atoms with van der Waals surface area (Å²) in [6.07, 6.45) is 1.87. The molecule has 3 heterocycles.